The molecule has 0 aliphatic carbocycles. The highest BCUT2D eigenvalue weighted by atomic mass is 16.5. The minimum atomic E-state index is -0.138. The summed E-state index contributed by atoms with van der Waals surface area (Å²) < 4.78 is 7.07. The van der Waals surface area contributed by atoms with Gasteiger partial charge < -0.3 is 10.1 Å². The van der Waals surface area contributed by atoms with E-state index in [1.807, 2.05) is 12.1 Å². The maximum absolute atomic E-state index is 5.44. The SMILES string of the molecule is COC(C)(C)CC(C)Nc1ccc(-n2cncn2)nc1. The van der Waals surface area contributed by atoms with E-state index in [9.17, 15) is 0 Å². The fraction of sp³-hybridized carbons (Fsp3) is 0.500. The van der Waals surface area contributed by atoms with Crippen molar-refractivity contribution in [1.29, 1.82) is 0 Å². The van der Waals surface area contributed by atoms with Gasteiger partial charge in [0.1, 0.15) is 12.7 Å². The molecule has 6 heteroatoms. The van der Waals surface area contributed by atoms with E-state index in [1.54, 1.807) is 24.3 Å². The molecule has 6 nitrogen and oxygen atoms in total. The zero-order valence-corrected chi connectivity index (χ0v) is 12.4. The summed E-state index contributed by atoms with van der Waals surface area (Å²) >= 11 is 0. The largest absolute Gasteiger partial charge is 0.381 e. The molecule has 1 N–H and O–H groups in total. The predicted molar refractivity (Wildman–Crippen MR) is 77.9 cm³/mol. The fourth-order valence-electron chi connectivity index (χ4n) is 2.09. The molecule has 0 spiro atoms. The quantitative estimate of drug-likeness (QED) is 0.876. The van der Waals surface area contributed by atoms with E-state index in [-0.39, 0.29) is 5.60 Å². The lowest BCUT2D eigenvalue weighted by atomic mass is 10.00. The van der Waals surface area contributed by atoms with Gasteiger partial charge in [0.15, 0.2) is 5.82 Å². The number of hydrogen-bond acceptors (Lipinski definition) is 5. The van der Waals surface area contributed by atoms with Crippen LogP contribution in [0.1, 0.15) is 27.2 Å². The van der Waals surface area contributed by atoms with Crippen molar-refractivity contribution in [3.8, 4) is 5.82 Å². The van der Waals surface area contributed by atoms with Crippen LogP contribution in [0.15, 0.2) is 31.0 Å². The molecule has 20 heavy (non-hydrogen) atoms. The molecule has 0 aliphatic heterocycles. The van der Waals surface area contributed by atoms with E-state index in [2.05, 4.69) is 41.2 Å². The van der Waals surface area contributed by atoms with Gasteiger partial charge in [-0.25, -0.2) is 14.6 Å². The Balaban J connectivity index is 1.97. The van der Waals surface area contributed by atoms with Gasteiger partial charge in [-0.2, -0.15) is 5.10 Å². The number of anilines is 1. The van der Waals surface area contributed by atoms with Gasteiger partial charge in [-0.1, -0.05) is 0 Å². The number of pyridine rings is 1. The minimum Gasteiger partial charge on any atom is -0.381 e. The Morgan fingerprint density at radius 3 is 2.75 bits per heavy atom. The van der Waals surface area contributed by atoms with Crippen molar-refractivity contribution in [3.63, 3.8) is 0 Å². The van der Waals surface area contributed by atoms with Crippen LogP contribution in [-0.4, -0.2) is 38.5 Å². The number of hydrogen-bond donors (Lipinski definition) is 1. The van der Waals surface area contributed by atoms with E-state index in [1.165, 1.54) is 6.33 Å². The standard InChI is InChI=1S/C14H21N5O/c1-11(7-14(2,3)20-4)18-12-5-6-13(16-8-12)19-10-15-9-17-19/h5-6,8-11,18H,7H2,1-4H3. The van der Waals surface area contributed by atoms with Gasteiger partial charge in [-0.3, -0.25) is 0 Å². The molecule has 0 aliphatic rings. The molecule has 1 atom stereocenters. The lowest BCUT2D eigenvalue weighted by Crippen LogP contribution is -2.31. The topological polar surface area (TPSA) is 64.9 Å². The number of ether oxygens (including phenoxy) is 1. The molecule has 2 rings (SSSR count). The van der Waals surface area contributed by atoms with Crippen LogP contribution in [0.25, 0.3) is 5.82 Å². The van der Waals surface area contributed by atoms with Crippen molar-refractivity contribution in [3.05, 3.63) is 31.0 Å². The first-order valence-corrected chi connectivity index (χ1v) is 6.63. The molecule has 2 aromatic rings. The van der Waals surface area contributed by atoms with Gasteiger partial charge >= 0.3 is 0 Å². The molecule has 0 saturated carbocycles. The molecule has 0 fully saturated rings. The van der Waals surface area contributed by atoms with Gasteiger partial charge in [0, 0.05) is 13.2 Å². The lowest BCUT2D eigenvalue weighted by Gasteiger charge is -2.27. The second kappa shape index (κ2) is 6.00. The summed E-state index contributed by atoms with van der Waals surface area (Å²) in [6, 6.07) is 4.19. The summed E-state index contributed by atoms with van der Waals surface area (Å²) in [6.45, 7) is 6.29. The first-order chi connectivity index (χ1) is 9.50. The summed E-state index contributed by atoms with van der Waals surface area (Å²) in [5.41, 5.74) is 0.842. The molecule has 1 unspecified atom stereocenters. The van der Waals surface area contributed by atoms with Gasteiger partial charge in [-0.15, -0.1) is 0 Å². The monoisotopic (exact) mass is 275 g/mol. The van der Waals surface area contributed by atoms with E-state index in [4.69, 9.17) is 4.74 Å². The highest BCUT2D eigenvalue weighted by Gasteiger charge is 2.20. The third-order valence-electron chi connectivity index (χ3n) is 3.16. The fourth-order valence-corrected chi connectivity index (χ4v) is 2.09. The Labute approximate surface area is 119 Å². The maximum Gasteiger partial charge on any atom is 0.155 e. The second-order valence-corrected chi connectivity index (χ2v) is 5.46. The van der Waals surface area contributed by atoms with Crippen LogP contribution in [0, 0.1) is 0 Å². The Bertz CT molecular complexity index is 521. The normalized spacial score (nSPS) is 13.2. The van der Waals surface area contributed by atoms with Crippen molar-refractivity contribution in [2.24, 2.45) is 0 Å². The predicted octanol–water partition coefficient (Wildman–Crippen LogP) is 2.28. The number of aromatic nitrogens is 4. The summed E-state index contributed by atoms with van der Waals surface area (Å²) in [5, 5.41) is 7.46. The van der Waals surface area contributed by atoms with Crippen molar-refractivity contribution in [1.82, 2.24) is 19.7 Å². The van der Waals surface area contributed by atoms with Gasteiger partial charge in [0.25, 0.3) is 0 Å². The number of nitrogens with one attached hydrogen (secondary N) is 1. The zero-order chi connectivity index (χ0) is 14.6. The molecule has 0 radical (unpaired) electrons. The second-order valence-electron chi connectivity index (χ2n) is 5.46. The van der Waals surface area contributed by atoms with Crippen molar-refractivity contribution in [2.75, 3.05) is 12.4 Å². The highest BCUT2D eigenvalue weighted by Crippen LogP contribution is 2.18. The van der Waals surface area contributed by atoms with Crippen molar-refractivity contribution < 1.29 is 4.74 Å². The van der Waals surface area contributed by atoms with Gasteiger partial charge in [0.05, 0.1) is 17.5 Å². The highest BCUT2D eigenvalue weighted by molar-refractivity contribution is 5.44. The van der Waals surface area contributed by atoms with E-state index in [0.717, 1.165) is 17.9 Å². The molecule has 0 amide bonds. The van der Waals surface area contributed by atoms with Gasteiger partial charge in [0.2, 0.25) is 0 Å². The summed E-state index contributed by atoms with van der Waals surface area (Å²) in [5.74, 6) is 0.748. The third-order valence-corrected chi connectivity index (χ3v) is 3.16. The smallest absolute Gasteiger partial charge is 0.155 e. The average Bonchev–Trinajstić information content (AvgIpc) is 2.93. The Morgan fingerprint density at radius 2 is 2.20 bits per heavy atom. The molecular formula is C14H21N5O. The van der Waals surface area contributed by atoms with E-state index >= 15 is 0 Å². The first kappa shape index (κ1) is 14.5. The van der Waals surface area contributed by atoms with E-state index in [0.29, 0.717) is 6.04 Å². The molecule has 108 valence electrons. The summed E-state index contributed by atoms with van der Waals surface area (Å²) in [6.07, 6.45) is 5.82. The molecule has 0 saturated heterocycles. The number of methoxy groups -OCH3 is 1. The summed E-state index contributed by atoms with van der Waals surface area (Å²) in [7, 11) is 1.74. The Kier molecular flexibility index (Phi) is 4.34. The van der Waals surface area contributed by atoms with Crippen LogP contribution < -0.4 is 5.32 Å². The van der Waals surface area contributed by atoms with Crippen LogP contribution in [0.4, 0.5) is 5.69 Å². The Hall–Kier alpha value is -1.95. The summed E-state index contributed by atoms with van der Waals surface area (Å²) in [4.78, 5) is 8.26. The molecule has 2 aromatic heterocycles. The minimum absolute atomic E-state index is 0.138. The molecule has 0 aromatic carbocycles. The number of rotatable bonds is 6. The van der Waals surface area contributed by atoms with Crippen LogP contribution in [0.3, 0.4) is 0 Å². The van der Waals surface area contributed by atoms with Crippen LogP contribution in [0.5, 0.6) is 0 Å². The molecule has 0 bridgehead atoms. The average molecular weight is 275 g/mol. The molecule has 2 heterocycles. The van der Waals surface area contributed by atoms with Crippen molar-refractivity contribution >= 4 is 5.69 Å². The number of nitrogens with zero attached hydrogens (tertiary/aromatic N) is 4. The molecular weight excluding hydrogens is 254 g/mol. The van der Waals surface area contributed by atoms with E-state index < -0.39 is 0 Å². The van der Waals surface area contributed by atoms with Crippen molar-refractivity contribution in [2.45, 2.75) is 38.8 Å². The first-order valence-electron chi connectivity index (χ1n) is 6.63. The lowest BCUT2D eigenvalue weighted by molar-refractivity contribution is 0.0128. The van der Waals surface area contributed by atoms with Gasteiger partial charge in [-0.05, 0) is 39.3 Å². The van der Waals surface area contributed by atoms with Crippen LogP contribution in [0.2, 0.25) is 0 Å². The zero-order valence-electron chi connectivity index (χ0n) is 12.4. The Morgan fingerprint density at radius 1 is 1.40 bits per heavy atom. The van der Waals surface area contributed by atoms with Crippen LogP contribution >= 0.6 is 0 Å². The van der Waals surface area contributed by atoms with Crippen LogP contribution in [-0.2, 0) is 4.74 Å². The maximum atomic E-state index is 5.44. The third kappa shape index (κ3) is 3.77.